The fourth-order valence-corrected chi connectivity index (χ4v) is 2.42. The van der Waals surface area contributed by atoms with Crippen LogP contribution in [0.3, 0.4) is 0 Å². The van der Waals surface area contributed by atoms with Crippen molar-refractivity contribution in [3.63, 3.8) is 0 Å². The number of hydrogen-bond acceptors (Lipinski definition) is 4. The van der Waals surface area contributed by atoms with Crippen molar-refractivity contribution in [3.05, 3.63) is 30.5 Å². The number of aliphatic hydroxyl groups is 1. The highest BCUT2D eigenvalue weighted by Crippen LogP contribution is 2.29. The summed E-state index contributed by atoms with van der Waals surface area (Å²) < 4.78 is 0. The molecule has 2 rings (SSSR count). The Balaban J connectivity index is 2.28. The first kappa shape index (κ1) is 14.6. The van der Waals surface area contributed by atoms with E-state index in [1.165, 1.54) is 0 Å². The minimum Gasteiger partial charge on any atom is -0.397 e. The van der Waals surface area contributed by atoms with Gasteiger partial charge in [-0.15, -0.1) is 0 Å². The summed E-state index contributed by atoms with van der Waals surface area (Å²) in [5.41, 5.74) is 8.40. The van der Waals surface area contributed by atoms with Gasteiger partial charge in [-0.1, -0.05) is 26.0 Å². The highest BCUT2D eigenvalue weighted by atomic mass is 16.3. The predicted molar refractivity (Wildman–Crippen MR) is 84.7 cm³/mol. The lowest BCUT2D eigenvalue weighted by Gasteiger charge is -2.30. The van der Waals surface area contributed by atoms with Crippen molar-refractivity contribution < 1.29 is 5.11 Å². The van der Waals surface area contributed by atoms with Crippen molar-refractivity contribution in [2.45, 2.75) is 26.7 Å². The van der Waals surface area contributed by atoms with Crippen LogP contribution in [0.4, 0.5) is 11.4 Å². The zero-order valence-electron chi connectivity index (χ0n) is 12.2. The second-order valence-electron chi connectivity index (χ2n) is 5.32. The van der Waals surface area contributed by atoms with E-state index in [2.05, 4.69) is 24.1 Å². The number of hydrogen-bond donors (Lipinski definition) is 3. The average Bonchev–Trinajstić information content (AvgIpc) is 2.50. The molecule has 0 unspecified atom stereocenters. The van der Waals surface area contributed by atoms with Crippen molar-refractivity contribution in [2.24, 2.45) is 5.41 Å². The first-order chi connectivity index (χ1) is 9.65. The van der Waals surface area contributed by atoms with E-state index in [0.29, 0.717) is 5.69 Å². The van der Waals surface area contributed by atoms with Crippen LogP contribution >= 0.6 is 0 Å². The van der Waals surface area contributed by atoms with Crippen LogP contribution in [0.2, 0.25) is 0 Å². The second-order valence-corrected chi connectivity index (χ2v) is 5.32. The first-order valence-corrected chi connectivity index (χ1v) is 7.13. The van der Waals surface area contributed by atoms with E-state index < -0.39 is 0 Å². The number of benzene rings is 1. The molecule has 0 aliphatic heterocycles. The molecule has 0 fully saturated rings. The molecule has 0 radical (unpaired) electrons. The summed E-state index contributed by atoms with van der Waals surface area (Å²) in [6.45, 7) is 5.16. The molecule has 4 heteroatoms. The van der Waals surface area contributed by atoms with Crippen LogP contribution in [0.5, 0.6) is 0 Å². The van der Waals surface area contributed by atoms with E-state index in [0.717, 1.165) is 36.0 Å². The quantitative estimate of drug-likeness (QED) is 0.707. The van der Waals surface area contributed by atoms with E-state index in [4.69, 9.17) is 5.73 Å². The minimum atomic E-state index is -0.0735. The van der Waals surface area contributed by atoms with Gasteiger partial charge in [0.2, 0.25) is 0 Å². The average molecular weight is 273 g/mol. The lowest BCUT2D eigenvalue weighted by Crippen LogP contribution is -2.32. The van der Waals surface area contributed by atoms with Gasteiger partial charge < -0.3 is 16.2 Å². The van der Waals surface area contributed by atoms with Crippen molar-refractivity contribution in [1.29, 1.82) is 0 Å². The fraction of sp³-hybridized carbons (Fsp3) is 0.438. The summed E-state index contributed by atoms with van der Waals surface area (Å²) in [7, 11) is 0. The molecule has 0 spiro atoms. The molecule has 4 N–H and O–H groups in total. The lowest BCUT2D eigenvalue weighted by molar-refractivity contribution is 0.127. The Morgan fingerprint density at radius 3 is 2.65 bits per heavy atom. The molecule has 0 bridgehead atoms. The topological polar surface area (TPSA) is 71.2 Å². The summed E-state index contributed by atoms with van der Waals surface area (Å²) in [5.74, 6) is 0. The van der Waals surface area contributed by atoms with Gasteiger partial charge in [-0.25, -0.2) is 0 Å². The third-order valence-electron chi connectivity index (χ3n) is 4.29. The maximum atomic E-state index is 9.64. The molecule has 0 aliphatic carbocycles. The van der Waals surface area contributed by atoms with Crippen LogP contribution in [0.15, 0.2) is 30.5 Å². The van der Waals surface area contributed by atoms with Gasteiger partial charge in [0.1, 0.15) is 0 Å². The molecule has 2 aromatic rings. The molecule has 1 heterocycles. The third-order valence-corrected chi connectivity index (χ3v) is 4.29. The molecule has 4 nitrogen and oxygen atoms in total. The van der Waals surface area contributed by atoms with Crippen molar-refractivity contribution in [1.82, 2.24) is 4.98 Å². The summed E-state index contributed by atoms with van der Waals surface area (Å²) >= 11 is 0. The molecule has 1 aromatic carbocycles. The number of aromatic nitrogens is 1. The summed E-state index contributed by atoms with van der Waals surface area (Å²) in [4.78, 5) is 4.33. The molecular formula is C16H23N3O. The second kappa shape index (κ2) is 6.09. The normalized spacial score (nSPS) is 11.8. The maximum Gasteiger partial charge on any atom is 0.0951 e. The summed E-state index contributed by atoms with van der Waals surface area (Å²) in [6, 6.07) is 7.76. The molecule has 0 saturated heterocycles. The zero-order chi connectivity index (χ0) is 14.6. The van der Waals surface area contributed by atoms with E-state index in [1.54, 1.807) is 6.20 Å². The number of nitrogen functional groups attached to an aromatic ring is 1. The van der Waals surface area contributed by atoms with E-state index in [1.807, 2.05) is 24.3 Å². The Hall–Kier alpha value is -1.81. The van der Waals surface area contributed by atoms with E-state index in [-0.39, 0.29) is 12.0 Å². The monoisotopic (exact) mass is 273 g/mol. The molecule has 0 atom stereocenters. The Labute approximate surface area is 120 Å². The summed E-state index contributed by atoms with van der Waals surface area (Å²) in [5, 5.41) is 14.1. The Morgan fingerprint density at radius 1 is 1.25 bits per heavy atom. The fourth-order valence-electron chi connectivity index (χ4n) is 2.42. The number of para-hydroxylation sites is 1. The molecule has 0 aliphatic rings. The number of aliphatic hydroxyl groups excluding tert-OH is 1. The molecule has 0 amide bonds. The van der Waals surface area contributed by atoms with Crippen LogP contribution in [-0.4, -0.2) is 23.2 Å². The number of nitrogens with two attached hydrogens (primary N) is 1. The molecular weight excluding hydrogens is 250 g/mol. The van der Waals surface area contributed by atoms with Gasteiger partial charge in [-0.2, -0.15) is 0 Å². The Morgan fingerprint density at radius 2 is 2.00 bits per heavy atom. The van der Waals surface area contributed by atoms with Gasteiger partial charge in [-0.3, -0.25) is 4.98 Å². The van der Waals surface area contributed by atoms with Crippen molar-refractivity contribution >= 4 is 22.3 Å². The number of nitrogens with one attached hydrogen (secondary N) is 1. The summed E-state index contributed by atoms with van der Waals surface area (Å²) in [6.07, 6.45) is 3.65. The molecule has 1 aromatic heterocycles. The SMILES string of the molecule is CCC(CC)(CO)CNc1ccnc2c(N)cccc12. The highest BCUT2D eigenvalue weighted by molar-refractivity contribution is 5.97. The van der Waals surface area contributed by atoms with Gasteiger partial charge in [0.25, 0.3) is 0 Å². The number of anilines is 2. The molecule has 0 saturated carbocycles. The van der Waals surface area contributed by atoms with Crippen LogP contribution in [0.25, 0.3) is 10.9 Å². The smallest absolute Gasteiger partial charge is 0.0951 e. The minimum absolute atomic E-state index is 0.0735. The largest absolute Gasteiger partial charge is 0.397 e. The maximum absolute atomic E-state index is 9.64. The van der Waals surface area contributed by atoms with Crippen LogP contribution in [-0.2, 0) is 0 Å². The van der Waals surface area contributed by atoms with Crippen molar-refractivity contribution in [3.8, 4) is 0 Å². The van der Waals surface area contributed by atoms with E-state index >= 15 is 0 Å². The third kappa shape index (κ3) is 2.70. The Bertz CT molecular complexity index is 571. The number of rotatable bonds is 6. The van der Waals surface area contributed by atoms with Crippen LogP contribution in [0, 0.1) is 5.41 Å². The Kier molecular flexibility index (Phi) is 4.45. The van der Waals surface area contributed by atoms with Crippen LogP contribution in [0.1, 0.15) is 26.7 Å². The lowest BCUT2D eigenvalue weighted by atomic mass is 9.83. The number of pyridine rings is 1. The number of fused-ring (bicyclic) bond motifs is 1. The van der Waals surface area contributed by atoms with Gasteiger partial charge in [0.15, 0.2) is 0 Å². The van der Waals surface area contributed by atoms with Gasteiger partial charge in [-0.05, 0) is 25.0 Å². The van der Waals surface area contributed by atoms with Crippen molar-refractivity contribution in [2.75, 3.05) is 24.2 Å². The highest BCUT2D eigenvalue weighted by Gasteiger charge is 2.25. The van der Waals surface area contributed by atoms with Gasteiger partial charge in [0, 0.05) is 29.2 Å². The first-order valence-electron chi connectivity index (χ1n) is 7.13. The standard InChI is InChI=1S/C16H23N3O/c1-3-16(4-2,11-20)10-19-14-8-9-18-15-12(14)6-5-7-13(15)17/h5-9,20H,3-4,10-11,17H2,1-2H3,(H,18,19). The van der Waals surface area contributed by atoms with Gasteiger partial charge in [0.05, 0.1) is 17.8 Å². The predicted octanol–water partition coefficient (Wildman–Crippen LogP) is 3.03. The molecule has 108 valence electrons. The number of nitrogens with zero attached hydrogens (tertiary/aromatic N) is 1. The van der Waals surface area contributed by atoms with Crippen LogP contribution < -0.4 is 11.1 Å². The zero-order valence-corrected chi connectivity index (χ0v) is 12.2. The van der Waals surface area contributed by atoms with E-state index in [9.17, 15) is 5.11 Å². The van der Waals surface area contributed by atoms with Gasteiger partial charge >= 0.3 is 0 Å². The molecule has 20 heavy (non-hydrogen) atoms.